The van der Waals surface area contributed by atoms with Crippen LogP contribution in [-0.2, 0) is 0 Å². The molecule has 2 aliphatic heterocycles. The maximum Gasteiger partial charge on any atom is 0.261 e. The third-order valence-corrected chi connectivity index (χ3v) is 7.69. The van der Waals surface area contributed by atoms with Crippen molar-refractivity contribution >= 4 is 35.0 Å². The number of amides is 2. The van der Waals surface area contributed by atoms with Crippen molar-refractivity contribution in [1.29, 1.82) is 0 Å². The second-order valence-corrected chi connectivity index (χ2v) is 10.8. The lowest BCUT2D eigenvalue weighted by molar-refractivity contribution is 0.0452. The zero-order valence-corrected chi connectivity index (χ0v) is 23.2. The van der Waals surface area contributed by atoms with Crippen molar-refractivity contribution < 1.29 is 19.4 Å². The number of piperidine rings is 1. The van der Waals surface area contributed by atoms with E-state index in [1.165, 1.54) is 4.90 Å². The summed E-state index contributed by atoms with van der Waals surface area (Å²) in [4.78, 5) is 30.1. The van der Waals surface area contributed by atoms with Gasteiger partial charge in [0.15, 0.2) is 0 Å². The summed E-state index contributed by atoms with van der Waals surface area (Å²) in [6, 6.07) is 17.5. The molecule has 3 aromatic carbocycles. The van der Waals surface area contributed by atoms with Crippen LogP contribution in [0.5, 0.6) is 5.75 Å². The van der Waals surface area contributed by atoms with Gasteiger partial charge in [0.1, 0.15) is 18.5 Å². The normalized spacial score (nSPS) is 17.1. The van der Waals surface area contributed by atoms with Crippen LogP contribution < -0.4 is 4.74 Å². The number of aliphatic hydroxyl groups is 1. The van der Waals surface area contributed by atoms with Crippen molar-refractivity contribution in [3.05, 3.63) is 76.9 Å². The summed E-state index contributed by atoms with van der Waals surface area (Å²) in [6.45, 7) is 9.22. The summed E-state index contributed by atoms with van der Waals surface area (Å²) in [5, 5.41) is 12.4. The number of nitrogens with zero attached hydrogens (tertiary/aromatic N) is 2. The maximum absolute atomic E-state index is 13.2. The Hall–Kier alpha value is -2.93. The molecule has 0 bridgehead atoms. The van der Waals surface area contributed by atoms with Gasteiger partial charge < -0.3 is 14.7 Å². The number of ether oxygens (including phenoxy) is 1. The van der Waals surface area contributed by atoms with Crippen molar-refractivity contribution in [2.75, 3.05) is 32.8 Å². The molecule has 0 spiro atoms. The monoisotopic (exact) mass is 536 g/mol. The minimum atomic E-state index is -0.584. The van der Waals surface area contributed by atoms with Crippen LogP contribution in [0.4, 0.5) is 0 Å². The van der Waals surface area contributed by atoms with Gasteiger partial charge in [0.25, 0.3) is 11.8 Å². The first kappa shape index (κ1) is 28.1. The molecule has 7 heteroatoms. The van der Waals surface area contributed by atoms with Crippen LogP contribution in [0.1, 0.15) is 64.4 Å². The maximum atomic E-state index is 13.2. The van der Waals surface area contributed by atoms with Crippen LogP contribution >= 0.6 is 12.4 Å². The lowest BCUT2D eigenvalue weighted by atomic mass is 9.91. The summed E-state index contributed by atoms with van der Waals surface area (Å²) in [5.74, 6) is 1.07. The molecule has 0 aliphatic carbocycles. The Morgan fingerprint density at radius 2 is 1.61 bits per heavy atom. The molecule has 2 heterocycles. The Kier molecular flexibility index (Phi) is 8.76. The van der Waals surface area contributed by atoms with Gasteiger partial charge >= 0.3 is 0 Å². The van der Waals surface area contributed by atoms with E-state index in [9.17, 15) is 14.7 Å². The third kappa shape index (κ3) is 5.73. The molecular formula is C31H37ClN2O4. The van der Waals surface area contributed by atoms with Crippen LogP contribution in [0, 0.1) is 12.8 Å². The largest absolute Gasteiger partial charge is 0.491 e. The summed E-state index contributed by atoms with van der Waals surface area (Å²) in [7, 11) is 0. The minimum absolute atomic E-state index is 0. The second-order valence-electron chi connectivity index (χ2n) is 10.8. The zero-order valence-electron chi connectivity index (χ0n) is 22.4. The number of hydrogen-bond donors (Lipinski definition) is 1. The number of aryl methyl sites for hydroxylation is 1. The molecule has 2 amide bonds. The predicted octanol–water partition coefficient (Wildman–Crippen LogP) is 5.44. The molecule has 202 valence electrons. The number of carbonyl (C=O) groups is 2. The molecule has 0 aromatic heterocycles. The van der Waals surface area contributed by atoms with Gasteiger partial charge in [-0.1, -0.05) is 50.2 Å². The van der Waals surface area contributed by atoms with E-state index in [1.807, 2.05) is 49.4 Å². The molecule has 0 saturated carbocycles. The minimum Gasteiger partial charge on any atom is -0.491 e. The number of β-amino-alcohol motifs (C(OH)–C–C–N with tert-alkyl or cyclic N) is 1. The van der Waals surface area contributed by atoms with Crippen LogP contribution in [-0.4, -0.2) is 65.6 Å². The van der Waals surface area contributed by atoms with Crippen molar-refractivity contribution in [3.63, 3.8) is 0 Å². The average Bonchev–Trinajstić information content (AvgIpc) is 2.89. The molecule has 1 atom stereocenters. The van der Waals surface area contributed by atoms with Gasteiger partial charge in [-0.25, -0.2) is 0 Å². The highest BCUT2D eigenvalue weighted by atomic mass is 35.5. The number of aliphatic hydroxyl groups excluding tert-OH is 1. The van der Waals surface area contributed by atoms with Gasteiger partial charge in [0, 0.05) is 29.6 Å². The highest BCUT2D eigenvalue weighted by Crippen LogP contribution is 2.32. The first-order valence-corrected chi connectivity index (χ1v) is 13.3. The summed E-state index contributed by atoms with van der Waals surface area (Å²) in [5.41, 5.74) is 3.52. The van der Waals surface area contributed by atoms with Crippen molar-refractivity contribution in [2.24, 2.45) is 5.92 Å². The van der Waals surface area contributed by atoms with E-state index in [0.717, 1.165) is 53.6 Å². The summed E-state index contributed by atoms with van der Waals surface area (Å²) >= 11 is 0. The summed E-state index contributed by atoms with van der Waals surface area (Å²) < 4.78 is 6.02. The van der Waals surface area contributed by atoms with Crippen molar-refractivity contribution in [2.45, 2.75) is 45.6 Å². The van der Waals surface area contributed by atoms with Crippen LogP contribution in [0.3, 0.4) is 0 Å². The highest BCUT2D eigenvalue weighted by Gasteiger charge is 2.35. The van der Waals surface area contributed by atoms with E-state index in [0.29, 0.717) is 30.1 Å². The Balaban J connectivity index is 0.00000336. The van der Waals surface area contributed by atoms with E-state index < -0.39 is 6.10 Å². The molecule has 2 aliphatic rings. The van der Waals surface area contributed by atoms with Gasteiger partial charge in [-0.2, -0.15) is 0 Å². The van der Waals surface area contributed by atoms with E-state index >= 15 is 0 Å². The van der Waals surface area contributed by atoms with Crippen LogP contribution in [0.25, 0.3) is 10.8 Å². The van der Waals surface area contributed by atoms with Gasteiger partial charge in [0.05, 0.1) is 0 Å². The van der Waals surface area contributed by atoms with Crippen LogP contribution in [0.15, 0.2) is 54.6 Å². The van der Waals surface area contributed by atoms with E-state index in [1.54, 1.807) is 0 Å². The molecule has 3 aromatic rings. The van der Waals surface area contributed by atoms with Crippen LogP contribution in [0.2, 0.25) is 0 Å². The second kappa shape index (κ2) is 11.9. The Morgan fingerprint density at radius 3 is 2.21 bits per heavy atom. The van der Waals surface area contributed by atoms with Gasteiger partial charge in [-0.05, 0) is 79.4 Å². The fourth-order valence-corrected chi connectivity index (χ4v) is 5.64. The lowest BCUT2D eigenvalue weighted by Gasteiger charge is -2.36. The third-order valence-electron chi connectivity index (χ3n) is 7.69. The fraction of sp³-hybridized carbons (Fsp3) is 0.419. The molecule has 1 fully saturated rings. The molecule has 0 radical (unpaired) electrons. The number of benzene rings is 3. The van der Waals surface area contributed by atoms with Crippen molar-refractivity contribution in [3.8, 4) is 5.75 Å². The topological polar surface area (TPSA) is 70.1 Å². The SMILES string of the molecule is Cc1ccc(C(C)C)c(OCC(O)CN2CCC(CN3C(=O)c4cccc5cccc(c45)C3=O)CC2)c1.Cl. The van der Waals surface area contributed by atoms with Crippen molar-refractivity contribution in [1.82, 2.24) is 9.80 Å². The first-order chi connectivity index (χ1) is 17.8. The molecule has 5 rings (SSSR count). The Labute approximate surface area is 231 Å². The van der Waals surface area contributed by atoms with E-state index in [2.05, 4.69) is 30.9 Å². The standard InChI is InChI=1S/C31H36N2O4.ClH/c1-20(2)25-11-10-21(3)16-28(25)37-19-24(34)18-32-14-12-22(13-15-32)17-33-30(35)26-8-4-6-23-7-5-9-27(29(23)26)31(33)36;/h4-11,16,20,22,24,34H,12-15,17-19H2,1-3H3;1H. The number of rotatable bonds is 8. The number of imide groups is 1. The highest BCUT2D eigenvalue weighted by molar-refractivity contribution is 6.25. The first-order valence-electron chi connectivity index (χ1n) is 13.3. The molecule has 38 heavy (non-hydrogen) atoms. The number of hydrogen-bond acceptors (Lipinski definition) is 5. The predicted molar refractivity (Wildman–Crippen MR) is 152 cm³/mol. The summed E-state index contributed by atoms with van der Waals surface area (Å²) in [6.07, 6.45) is 1.18. The van der Waals surface area contributed by atoms with Gasteiger partial charge in [0.2, 0.25) is 0 Å². The molecule has 1 saturated heterocycles. The lowest BCUT2D eigenvalue weighted by Crippen LogP contribution is -2.46. The number of likely N-dealkylation sites (tertiary alicyclic amines) is 1. The molecular weight excluding hydrogens is 500 g/mol. The van der Waals surface area contributed by atoms with Gasteiger partial charge in [-0.15, -0.1) is 12.4 Å². The van der Waals surface area contributed by atoms with E-state index in [-0.39, 0.29) is 36.7 Å². The number of halogens is 1. The molecule has 1 N–H and O–H groups in total. The zero-order chi connectivity index (χ0) is 26.1. The smallest absolute Gasteiger partial charge is 0.261 e. The van der Waals surface area contributed by atoms with E-state index in [4.69, 9.17) is 4.74 Å². The molecule has 6 nitrogen and oxygen atoms in total. The quantitative estimate of drug-likeness (QED) is 0.388. The molecule has 1 unspecified atom stereocenters. The van der Waals surface area contributed by atoms with Gasteiger partial charge in [-0.3, -0.25) is 14.5 Å². The average molecular weight is 537 g/mol. The number of carbonyl (C=O) groups excluding carboxylic acids is 2. The fourth-order valence-electron chi connectivity index (χ4n) is 5.64. The Morgan fingerprint density at radius 1 is 0.974 bits per heavy atom. The Bertz CT molecular complexity index is 1270.